The maximum absolute atomic E-state index is 11.7. The zero-order valence-corrected chi connectivity index (χ0v) is 12.4. The molecule has 0 saturated carbocycles. The zero-order chi connectivity index (χ0) is 13.0. The number of benzene rings is 1. The standard InChI is InChI=1S/C12H12ClIO3/c1-3-17-12(16)9-6-8(4-5-10(9)14)11(13)7(2)15/h4-6,11H,3H2,1-2H3. The quantitative estimate of drug-likeness (QED) is 0.466. The highest BCUT2D eigenvalue weighted by Gasteiger charge is 2.17. The summed E-state index contributed by atoms with van der Waals surface area (Å²) in [4.78, 5) is 22.8. The highest BCUT2D eigenvalue weighted by molar-refractivity contribution is 14.1. The Morgan fingerprint density at radius 2 is 2.12 bits per heavy atom. The Kier molecular flexibility index (Phi) is 5.39. The molecule has 0 radical (unpaired) electrons. The van der Waals surface area contributed by atoms with Crippen molar-refractivity contribution in [3.05, 3.63) is 32.9 Å². The van der Waals surface area contributed by atoms with E-state index in [4.69, 9.17) is 16.3 Å². The van der Waals surface area contributed by atoms with Gasteiger partial charge in [-0.3, -0.25) is 4.79 Å². The first kappa shape index (κ1) is 14.4. The van der Waals surface area contributed by atoms with E-state index in [2.05, 4.69) is 0 Å². The summed E-state index contributed by atoms with van der Waals surface area (Å²) in [7, 11) is 0. The van der Waals surface area contributed by atoms with Crippen molar-refractivity contribution in [2.45, 2.75) is 19.2 Å². The summed E-state index contributed by atoms with van der Waals surface area (Å²) in [5, 5.41) is -0.722. The molecule has 3 nitrogen and oxygen atoms in total. The molecule has 1 aromatic carbocycles. The predicted molar refractivity (Wildman–Crippen MR) is 74.4 cm³/mol. The van der Waals surface area contributed by atoms with E-state index in [-0.39, 0.29) is 5.78 Å². The fraction of sp³-hybridized carbons (Fsp3) is 0.333. The van der Waals surface area contributed by atoms with E-state index in [1.807, 2.05) is 22.6 Å². The van der Waals surface area contributed by atoms with Gasteiger partial charge in [-0.15, -0.1) is 11.6 Å². The van der Waals surface area contributed by atoms with Gasteiger partial charge in [0.05, 0.1) is 12.2 Å². The summed E-state index contributed by atoms with van der Waals surface area (Å²) in [6.45, 7) is 3.48. The van der Waals surface area contributed by atoms with Crippen molar-refractivity contribution in [3.8, 4) is 0 Å². The van der Waals surface area contributed by atoms with Gasteiger partial charge in [-0.1, -0.05) is 6.07 Å². The first-order valence-corrected chi connectivity index (χ1v) is 6.60. The van der Waals surface area contributed by atoms with E-state index in [1.165, 1.54) is 6.92 Å². The van der Waals surface area contributed by atoms with Crippen LogP contribution in [0.2, 0.25) is 0 Å². The van der Waals surface area contributed by atoms with Gasteiger partial charge in [-0.25, -0.2) is 4.79 Å². The summed E-state index contributed by atoms with van der Waals surface area (Å²) in [6.07, 6.45) is 0. The smallest absolute Gasteiger partial charge is 0.339 e. The number of carbonyl (C=O) groups is 2. The normalized spacial score (nSPS) is 12.0. The maximum atomic E-state index is 11.7. The van der Waals surface area contributed by atoms with Crippen LogP contribution in [0, 0.1) is 3.57 Å². The first-order chi connectivity index (χ1) is 7.97. The highest BCUT2D eigenvalue weighted by Crippen LogP contribution is 2.25. The van der Waals surface area contributed by atoms with Gasteiger partial charge in [0.15, 0.2) is 5.78 Å². The molecule has 1 atom stereocenters. The maximum Gasteiger partial charge on any atom is 0.339 e. The second-order valence-corrected chi connectivity index (χ2v) is 5.03. The molecule has 5 heteroatoms. The van der Waals surface area contributed by atoms with Crippen molar-refractivity contribution in [1.82, 2.24) is 0 Å². The molecule has 0 saturated heterocycles. The Morgan fingerprint density at radius 1 is 1.47 bits per heavy atom. The van der Waals surface area contributed by atoms with Crippen LogP contribution in [-0.4, -0.2) is 18.4 Å². The van der Waals surface area contributed by atoms with Crippen LogP contribution in [0.4, 0.5) is 0 Å². The number of ketones is 1. The number of halogens is 2. The second-order valence-electron chi connectivity index (χ2n) is 3.43. The third-order valence-corrected chi connectivity index (χ3v) is 3.64. The van der Waals surface area contributed by atoms with Gasteiger partial charge in [-0.05, 0) is 54.1 Å². The van der Waals surface area contributed by atoms with Crippen LogP contribution in [0.15, 0.2) is 18.2 Å². The number of hydrogen-bond donors (Lipinski definition) is 0. The minimum absolute atomic E-state index is 0.150. The van der Waals surface area contributed by atoms with Crippen LogP contribution >= 0.6 is 34.2 Å². The Labute approximate surface area is 119 Å². The number of rotatable bonds is 4. The molecule has 0 fully saturated rings. The molecule has 1 unspecified atom stereocenters. The SMILES string of the molecule is CCOC(=O)c1cc(C(Cl)C(C)=O)ccc1I. The summed E-state index contributed by atoms with van der Waals surface area (Å²) in [6, 6.07) is 5.10. The number of alkyl halides is 1. The third kappa shape index (κ3) is 3.67. The molecule has 0 bridgehead atoms. The highest BCUT2D eigenvalue weighted by atomic mass is 127. The molecule has 0 aliphatic rings. The molecule has 0 aromatic heterocycles. The molecule has 1 rings (SSSR count). The number of hydrogen-bond acceptors (Lipinski definition) is 3. The molecule has 0 aliphatic carbocycles. The lowest BCUT2D eigenvalue weighted by Crippen LogP contribution is -2.09. The van der Waals surface area contributed by atoms with Gasteiger partial charge in [0.2, 0.25) is 0 Å². The van der Waals surface area contributed by atoms with Gasteiger partial charge >= 0.3 is 5.97 Å². The molecule has 17 heavy (non-hydrogen) atoms. The van der Waals surface area contributed by atoms with Gasteiger partial charge in [0, 0.05) is 3.57 Å². The van der Waals surface area contributed by atoms with E-state index < -0.39 is 11.3 Å². The topological polar surface area (TPSA) is 43.4 Å². The van der Waals surface area contributed by atoms with Crippen molar-refractivity contribution in [2.24, 2.45) is 0 Å². The molecule has 1 aromatic rings. The number of carbonyl (C=O) groups excluding carboxylic acids is 2. The summed E-state index contributed by atoms with van der Waals surface area (Å²) >= 11 is 7.99. The fourth-order valence-corrected chi connectivity index (χ4v) is 1.99. The van der Waals surface area contributed by atoms with Gasteiger partial charge < -0.3 is 4.74 Å². The summed E-state index contributed by atoms with van der Waals surface area (Å²) in [5.41, 5.74) is 1.06. The molecule has 0 heterocycles. The van der Waals surface area contributed by atoms with Crippen molar-refractivity contribution in [1.29, 1.82) is 0 Å². The zero-order valence-electron chi connectivity index (χ0n) is 9.50. The van der Waals surface area contributed by atoms with Crippen molar-refractivity contribution in [3.63, 3.8) is 0 Å². The lowest BCUT2D eigenvalue weighted by Gasteiger charge is -2.09. The van der Waals surface area contributed by atoms with E-state index in [0.29, 0.717) is 17.7 Å². The van der Waals surface area contributed by atoms with Crippen LogP contribution in [-0.2, 0) is 9.53 Å². The average molecular weight is 367 g/mol. The van der Waals surface area contributed by atoms with Crippen molar-refractivity contribution < 1.29 is 14.3 Å². The molecular formula is C12H12ClIO3. The first-order valence-electron chi connectivity index (χ1n) is 5.08. The van der Waals surface area contributed by atoms with Crippen LogP contribution in [0.1, 0.15) is 35.1 Å². The number of ether oxygens (including phenoxy) is 1. The van der Waals surface area contributed by atoms with Gasteiger partial charge in [0.1, 0.15) is 5.38 Å². The largest absolute Gasteiger partial charge is 0.462 e. The summed E-state index contributed by atoms with van der Waals surface area (Å²) < 4.78 is 5.71. The Morgan fingerprint density at radius 3 is 2.65 bits per heavy atom. The van der Waals surface area contributed by atoms with Crippen molar-refractivity contribution >= 4 is 45.9 Å². The van der Waals surface area contributed by atoms with Crippen LogP contribution in [0.5, 0.6) is 0 Å². The summed E-state index contributed by atoms with van der Waals surface area (Å²) in [5.74, 6) is -0.547. The van der Waals surface area contributed by atoms with E-state index >= 15 is 0 Å². The second kappa shape index (κ2) is 6.35. The number of Topliss-reactive ketones (excluding diaryl/α,β-unsaturated/α-hetero) is 1. The van der Waals surface area contributed by atoms with Crippen LogP contribution < -0.4 is 0 Å². The third-order valence-electron chi connectivity index (χ3n) is 2.14. The molecule has 0 amide bonds. The Balaban J connectivity index is 3.10. The fourth-order valence-electron chi connectivity index (χ4n) is 1.30. The lowest BCUT2D eigenvalue weighted by molar-refractivity contribution is -0.116. The lowest BCUT2D eigenvalue weighted by atomic mass is 10.1. The average Bonchev–Trinajstić information content (AvgIpc) is 2.28. The predicted octanol–water partition coefficient (Wildman–Crippen LogP) is 3.34. The van der Waals surface area contributed by atoms with Gasteiger partial charge in [0.25, 0.3) is 0 Å². The van der Waals surface area contributed by atoms with Gasteiger partial charge in [-0.2, -0.15) is 0 Å². The van der Waals surface area contributed by atoms with E-state index in [0.717, 1.165) is 3.57 Å². The van der Waals surface area contributed by atoms with E-state index in [9.17, 15) is 9.59 Å². The molecule has 92 valence electrons. The van der Waals surface area contributed by atoms with E-state index in [1.54, 1.807) is 25.1 Å². The minimum atomic E-state index is -0.722. The Bertz CT molecular complexity index is 445. The monoisotopic (exact) mass is 366 g/mol. The number of esters is 1. The molecule has 0 aliphatic heterocycles. The van der Waals surface area contributed by atoms with Crippen molar-refractivity contribution in [2.75, 3.05) is 6.61 Å². The Hall–Kier alpha value is -0.620. The molecule has 0 spiro atoms. The van der Waals surface area contributed by atoms with Crippen LogP contribution in [0.25, 0.3) is 0 Å². The molecule has 0 N–H and O–H groups in total. The molecular weight excluding hydrogens is 354 g/mol. The minimum Gasteiger partial charge on any atom is -0.462 e. The van der Waals surface area contributed by atoms with Crippen LogP contribution in [0.3, 0.4) is 0 Å².